The molecule has 0 aliphatic carbocycles. The second kappa shape index (κ2) is 3.88. The average Bonchev–Trinajstić information content (AvgIpc) is 2.41. The lowest BCUT2D eigenvalue weighted by Gasteiger charge is -1.82. The number of nitrogens with zero attached hydrogens (tertiary/aromatic N) is 1. The number of aromatic amines is 1. The molecule has 0 aliphatic rings. The summed E-state index contributed by atoms with van der Waals surface area (Å²) in [5.74, 6) is 0. The first-order chi connectivity index (χ1) is 4.93. The fourth-order valence-corrected chi connectivity index (χ4v) is 0.738. The van der Waals surface area contributed by atoms with Crippen LogP contribution in [0.1, 0.15) is 25.3 Å². The molecular formula is C8H12N2. The van der Waals surface area contributed by atoms with Crippen LogP contribution in [-0.4, -0.2) is 10.2 Å². The van der Waals surface area contributed by atoms with Crippen LogP contribution < -0.4 is 0 Å². The van der Waals surface area contributed by atoms with Gasteiger partial charge in [-0.3, -0.25) is 5.10 Å². The number of unbranched alkanes of at least 4 members (excludes halogenated alkanes) is 1. The first kappa shape index (κ1) is 7.06. The molecule has 0 radical (unpaired) electrons. The Balaban J connectivity index is 2.40. The Morgan fingerprint density at radius 3 is 3.20 bits per heavy atom. The molecule has 54 valence electrons. The average molecular weight is 136 g/mol. The van der Waals surface area contributed by atoms with Gasteiger partial charge < -0.3 is 0 Å². The molecule has 10 heavy (non-hydrogen) atoms. The maximum Gasteiger partial charge on any atom is 0.0559 e. The number of nitrogens with one attached hydrogen (secondary N) is 1. The summed E-state index contributed by atoms with van der Waals surface area (Å²) in [6, 6.07) is 0. The summed E-state index contributed by atoms with van der Waals surface area (Å²) in [6.45, 7) is 2.17. The van der Waals surface area contributed by atoms with Crippen LogP contribution in [0.15, 0.2) is 18.5 Å². The molecule has 0 bridgehead atoms. The Morgan fingerprint density at radius 2 is 2.60 bits per heavy atom. The van der Waals surface area contributed by atoms with E-state index in [0.717, 1.165) is 12.0 Å². The lowest BCUT2D eigenvalue weighted by Crippen LogP contribution is -1.62. The third-order valence-corrected chi connectivity index (χ3v) is 1.29. The largest absolute Gasteiger partial charge is 0.285 e. The molecule has 0 spiro atoms. The minimum atomic E-state index is 1.14. The van der Waals surface area contributed by atoms with Gasteiger partial charge in [0.2, 0.25) is 0 Å². The summed E-state index contributed by atoms with van der Waals surface area (Å²) in [5, 5.41) is 6.58. The Hall–Kier alpha value is -1.05. The van der Waals surface area contributed by atoms with Crippen LogP contribution in [0.3, 0.4) is 0 Å². The molecule has 2 nitrogen and oxygen atoms in total. The summed E-state index contributed by atoms with van der Waals surface area (Å²) in [4.78, 5) is 0. The van der Waals surface area contributed by atoms with Crippen LogP contribution in [-0.2, 0) is 0 Å². The van der Waals surface area contributed by atoms with Gasteiger partial charge in [0.05, 0.1) is 6.20 Å². The first-order valence-electron chi connectivity index (χ1n) is 3.59. The van der Waals surface area contributed by atoms with E-state index in [0.29, 0.717) is 0 Å². The predicted molar refractivity (Wildman–Crippen MR) is 42.5 cm³/mol. The Morgan fingerprint density at radius 1 is 1.70 bits per heavy atom. The van der Waals surface area contributed by atoms with E-state index in [4.69, 9.17) is 0 Å². The van der Waals surface area contributed by atoms with Crippen molar-refractivity contribution in [1.29, 1.82) is 0 Å². The van der Waals surface area contributed by atoms with Crippen molar-refractivity contribution in [3.05, 3.63) is 24.0 Å². The maximum atomic E-state index is 3.82. The molecule has 0 aliphatic heterocycles. The lowest BCUT2D eigenvalue weighted by atomic mass is 10.2. The molecule has 0 saturated heterocycles. The summed E-state index contributed by atoms with van der Waals surface area (Å²) in [7, 11) is 0. The van der Waals surface area contributed by atoms with E-state index >= 15 is 0 Å². The molecule has 1 heterocycles. The van der Waals surface area contributed by atoms with E-state index in [1.54, 1.807) is 0 Å². The Labute approximate surface area is 61.0 Å². The van der Waals surface area contributed by atoms with E-state index in [9.17, 15) is 0 Å². The van der Waals surface area contributed by atoms with Gasteiger partial charge in [-0.1, -0.05) is 25.5 Å². The van der Waals surface area contributed by atoms with Crippen LogP contribution in [0.4, 0.5) is 0 Å². The molecule has 0 atom stereocenters. The second-order valence-electron chi connectivity index (χ2n) is 2.22. The third-order valence-electron chi connectivity index (χ3n) is 1.29. The molecule has 1 rings (SSSR count). The van der Waals surface area contributed by atoms with E-state index in [1.165, 1.54) is 6.42 Å². The van der Waals surface area contributed by atoms with Crippen molar-refractivity contribution in [3.8, 4) is 0 Å². The highest BCUT2D eigenvalue weighted by Gasteiger charge is 1.82. The van der Waals surface area contributed by atoms with Gasteiger partial charge in [-0.25, -0.2) is 0 Å². The van der Waals surface area contributed by atoms with E-state index in [1.807, 2.05) is 12.4 Å². The Bertz CT molecular complexity index is 187. The number of H-pyrrole nitrogens is 1. The van der Waals surface area contributed by atoms with Crippen molar-refractivity contribution in [3.63, 3.8) is 0 Å². The molecule has 2 heteroatoms. The van der Waals surface area contributed by atoms with Crippen LogP contribution in [0.5, 0.6) is 0 Å². The summed E-state index contributed by atoms with van der Waals surface area (Å²) in [5.41, 5.74) is 1.15. The van der Waals surface area contributed by atoms with Gasteiger partial charge in [0.1, 0.15) is 0 Å². The number of aromatic nitrogens is 2. The Kier molecular flexibility index (Phi) is 2.74. The normalized spacial score (nSPS) is 10.9. The van der Waals surface area contributed by atoms with Gasteiger partial charge in [-0.15, -0.1) is 0 Å². The van der Waals surface area contributed by atoms with Crippen LogP contribution in [0, 0.1) is 0 Å². The predicted octanol–water partition coefficient (Wildman–Crippen LogP) is 2.22. The number of hydrogen-bond donors (Lipinski definition) is 1. The van der Waals surface area contributed by atoms with Gasteiger partial charge in [-0.2, -0.15) is 5.10 Å². The zero-order valence-corrected chi connectivity index (χ0v) is 6.17. The highest BCUT2D eigenvalue weighted by Crippen LogP contribution is 1.98. The molecule has 0 saturated carbocycles. The monoisotopic (exact) mass is 136 g/mol. The highest BCUT2D eigenvalue weighted by atomic mass is 15.1. The van der Waals surface area contributed by atoms with Crippen molar-refractivity contribution in [1.82, 2.24) is 10.2 Å². The highest BCUT2D eigenvalue weighted by molar-refractivity contribution is 5.45. The van der Waals surface area contributed by atoms with Crippen LogP contribution in [0.25, 0.3) is 6.08 Å². The smallest absolute Gasteiger partial charge is 0.0559 e. The SMILES string of the molecule is CCC/C=C/c1cn[nH]c1. The number of allylic oxidation sites excluding steroid dienone is 1. The molecule has 0 amide bonds. The van der Waals surface area contributed by atoms with Gasteiger partial charge in [-0.05, 0) is 6.42 Å². The summed E-state index contributed by atoms with van der Waals surface area (Å²) < 4.78 is 0. The molecule has 1 aromatic rings. The standard InChI is InChI=1S/C8H12N2/c1-2-3-4-5-8-6-9-10-7-8/h4-7H,2-3H2,1H3,(H,9,10)/b5-4+. The van der Waals surface area contributed by atoms with Crippen molar-refractivity contribution >= 4 is 6.08 Å². The van der Waals surface area contributed by atoms with Crippen molar-refractivity contribution in [2.75, 3.05) is 0 Å². The van der Waals surface area contributed by atoms with Gasteiger partial charge in [0, 0.05) is 11.8 Å². The summed E-state index contributed by atoms with van der Waals surface area (Å²) >= 11 is 0. The first-order valence-corrected chi connectivity index (χ1v) is 3.59. The van der Waals surface area contributed by atoms with E-state index < -0.39 is 0 Å². The molecule has 0 unspecified atom stereocenters. The summed E-state index contributed by atoms with van der Waals surface area (Å²) in [6.07, 6.45) is 10.3. The van der Waals surface area contributed by atoms with Gasteiger partial charge in [0.15, 0.2) is 0 Å². The zero-order chi connectivity index (χ0) is 7.23. The second-order valence-corrected chi connectivity index (χ2v) is 2.22. The number of hydrogen-bond acceptors (Lipinski definition) is 1. The van der Waals surface area contributed by atoms with Gasteiger partial charge >= 0.3 is 0 Å². The van der Waals surface area contributed by atoms with E-state index in [2.05, 4.69) is 29.3 Å². The van der Waals surface area contributed by atoms with Crippen LogP contribution >= 0.6 is 0 Å². The van der Waals surface area contributed by atoms with E-state index in [-0.39, 0.29) is 0 Å². The quantitative estimate of drug-likeness (QED) is 0.678. The fourth-order valence-electron chi connectivity index (χ4n) is 0.738. The fraction of sp³-hybridized carbons (Fsp3) is 0.375. The third kappa shape index (κ3) is 2.05. The van der Waals surface area contributed by atoms with Crippen LogP contribution in [0.2, 0.25) is 0 Å². The minimum Gasteiger partial charge on any atom is -0.285 e. The molecule has 1 N–H and O–H groups in total. The topological polar surface area (TPSA) is 28.7 Å². The van der Waals surface area contributed by atoms with Crippen molar-refractivity contribution < 1.29 is 0 Å². The maximum absolute atomic E-state index is 3.82. The van der Waals surface area contributed by atoms with Crippen molar-refractivity contribution in [2.45, 2.75) is 19.8 Å². The van der Waals surface area contributed by atoms with Gasteiger partial charge in [0.25, 0.3) is 0 Å². The molecule has 0 aromatic carbocycles. The van der Waals surface area contributed by atoms with Crippen molar-refractivity contribution in [2.24, 2.45) is 0 Å². The lowest BCUT2D eigenvalue weighted by molar-refractivity contribution is 0.962. The number of rotatable bonds is 3. The molecule has 0 fully saturated rings. The minimum absolute atomic E-state index is 1.14. The zero-order valence-electron chi connectivity index (χ0n) is 6.17. The molecule has 1 aromatic heterocycles. The molecular weight excluding hydrogens is 124 g/mol.